The first-order valence-electron chi connectivity index (χ1n) is 17.2. The number of halogens is 3. The molecule has 15 heteroatoms. The zero-order chi connectivity index (χ0) is 36.0. The molecule has 6 rings (SSSR count). The van der Waals surface area contributed by atoms with Crippen LogP contribution in [0.15, 0.2) is 48.6 Å². The predicted octanol–water partition coefficient (Wildman–Crippen LogP) is 6.01. The van der Waals surface area contributed by atoms with Gasteiger partial charge in [-0.3, -0.25) is 14.6 Å². The Bertz CT molecular complexity index is 1730. The SMILES string of the molecule is C.CCN(C(=O)/C=C/CN1CC(F)C1)[C@H](C)CC#N.Cc1cccc2cccc(N3CCc4c(N)nc(OC[C@@H]5CC(F)(F)CN5C)nc4C3)c12.S.S. The largest absolute Gasteiger partial charge is 0.462 e. The zero-order valence-corrected chi connectivity index (χ0v) is 32.3. The number of nitriles is 1. The lowest BCUT2D eigenvalue weighted by molar-refractivity contribution is -0.127. The summed E-state index contributed by atoms with van der Waals surface area (Å²) in [6.45, 7) is 9.25. The Labute approximate surface area is 326 Å². The summed E-state index contributed by atoms with van der Waals surface area (Å²) >= 11 is 0. The lowest BCUT2D eigenvalue weighted by atomic mass is 10.00. The van der Waals surface area contributed by atoms with Crippen LogP contribution in [0.4, 0.5) is 24.7 Å². The summed E-state index contributed by atoms with van der Waals surface area (Å²) in [5.41, 5.74) is 10.4. The maximum atomic E-state index is 13.6. The van der Waals surface area contributed by atoms with Crippen LogP contribution in [0.3, 0.4) is 0 Å². The number of fused-ring (bicyclic) bond motifs is 2. The van der Waals surface area contributed by atoms with Crippen molar-refractivity contribution in [3.63, 3.8) is 0 Å². The first kappa shape index (κ1) is 45.4. The van der Waals surface area contributed by atoms with E-state index in [1.807, 2.05) is 18.7 Å². The first-order valence-corrected chi connectivity index (χ1v) is 17.2. The number of amides is 1. The van der Waals surface area contributed by atoms with Crippen molar-refractivity contribution in [2.24, 2.45) is 0 Å². The molecule has 2 aromatic carbocycles. The van der Waals surface area contributed by atoms with Gasteiger partial charge in [-0.15, -0.1) is 0 Å². The average Bonchev–Trinajstić information content (AvgIpc) is 3.33. The van der Waals surface area contributed by atoms with Crippen LogP contribution in [0.2, 0.25) is 0 Å². The third kappa shape index (κ3) is 11.4. The molecule has 0 radical (unpaired) electrons. The summed E-state index contributed by atoms with van der Waals surface area (Å²) in [5, 5.41) is 11.1. The van der Waals surface area contributed by atoms with Crippen molar-refractivity contribution in [1.29, 1.82) is 5.26 Å². The van der Waals surface area contributed by atoms with Gasteiger partial charge in [0.25, 0.3) is 5.92 Å². The fourth-order valence-electron chi connectivity index (χ4n) is 6.87. The summed E-state index contributed by atoms with van der Waals surface area (Å²) in [6.07, 6.45) is 3.42. The molecule has 2 N–H and O–H groups in total. The quantitative estimate of drug-likeness (QED) is 0.248. The average molecular weight is 777 g/mol. The van der Waals surface area contributed by atoms with E-state index in [9.17, 15) is 18.0 Å². The Morgan fingerprint density at radius 1 is 1.21 bits per heavy atom. The third-order valence-corrected chi connectivity index (χ3v) is 9.63. The molecule has 0 unspecified atom stereocenters. The van der Waals surface area contributed by atoms with Gasteiger partial charge in [0, 0.05) is 73.9 Å². The van der Waals surface area contributed by atoms with Crippen molar-refractivity contribution < 1.29 is 22.7 Å². The highest BCUT2D eigenvalue weighted by atomic mass is 32.1. The molecule has 10 nitrogen and oxygen atoms in total. The summed E-state index contributed by atoms with van der Waals surface area (Å²) in [6, 6.07) is 14.4. The van der Waals surface area contributed by atoms with Gasteiger partial charge in [0.1, 0.15) is 18.6 Å². The summed E-state index contributed by atoms with van der Waals surface area (Å²) in [5.74, 6) is -2.36. The number of nitrogen functional groups attached to an aromatic ring is 1. The Kier molecular flexibility index (Phi) is 17.2. The van der Waals surface area contributed by atoms with Gasteiger partial charge in [-0.05, 0) is 51.3 Å². The highest BCUT2D eigenvalue weighted by molar-refractivity contribution is 7.59. The van der Waals surface area contributed by atoms with Crippen molar-refractivity contribution in [3.05, 3.63) is 65.4 Å². The standard InChI is InChI=1S/C24H27F2N5O.C13H20FN3O.CH4.2H2S/c1-15-5-3-6-16-7-4-8-20(21(15)16)31-10-9-18-19(12-31)28-23(29-22(18)27)32-13-17-11-24(25,26)14-30(17)2;1-3-17(11(2)6-7-15)13(18)5-4-8-16-9-12(14)10-16;;;/h3-8,17H,9-14H2,1-2H3,(H2,27,28,29);4-5,11-12H,3,6,8-10H2,1-2H3;1H4;2*1H2/b;5-4+;;;/t17-;11-;;;/m01.../s1. The lowest BCUT2D eigenvalue weighted by Gasteiger charge is -2.33. The van der Waals surface area contributed by atoms with Crippen LogP contribution >= 0.6 is 27.0 Å². The number of alkyl halides is 3. The van der Waals surface area contributed by atoms with E-state index in [2.05, 4.69) is 64.3 Å². The predicted molar refractivity (Wildman–Crippen MR) is 216 cm³/mol. The Morgan fingerprint density at radius 3 is 2.53 bits per heavy atom. The second-order valence-corrected chi connectivity index (χ2v) is 13.4. The van der Waals surface area contributed by atoms with Gasteiger partial charge < -0.3 is 20.3 Å². The number of aryl methyl sites for hydroxylation is 1. The molecule has 1 aromatic heterocycles. The number of hydrogen-bond donors (Lipinski definition) is 1. The number of carbonyl (C=O) groups excluding carboxylic acids is 1. The second-order valence-electron chi connectivity index (χ2n) is 13.4. The van der Waals surface area contributed by atoms with Gasteiger partial charge in [-0.25, -0.2) is 13.2 Å². The molecule has 2 fully saturated rings. The van der Waals surface area contributed by atoms with Gasteiger partial charge >= 0.3 is 6.01 Å². The molecule has 0 spiro atoms. The molecule has 2 atom stereocenters. The minimum absolute atomic E-state index is 0. The van der Waals surface area contributed by atoms with Gasteiger partial charge in [-0.1, -0.05) is 43.8 Å². The number of carbonyl (C=O) groups is 1. The lowest BCUT2D eigenvalue weighted by Crippen LogP contribution is -2.48. The van der Waals surface area contributed by atoms with Crippen LogP contribution < -0.4 is 15.4 Å². The fraction of sp³-hybridized carbons (Fsp3) is 0.526. The molecule has 4 heterocycles. The maximum absolute atomic E-state index is 13.6. The number of likely N-dealkylation sites (N-methyl/N-ethyl adjacent to an activating group) is 2. The molecule has 0 saturated carbocycles. The van der Waals surface area contributed by atoms with Crippen LogP contribution in [0.25, 0.3) is 10.8 Å². The normalized spacial score (nSPS) is 18.6. The van der Waals surface area contributed by atoms with Gasteiger partial charge in [0.2, 0.25) is 5.91 Å². The Hall–Kier alpha value is -3.71. The third-order valence-electron chi connectivity index (χ3n) is 9.63. The number of nitrogens with two attached hydrogens (primary N) is 1. The Morgan fingerprint density at radius 2 is 1.91 bits per heavy atom. The number of nitrogens with zero attached hydrogens (tertiary/aromatic N) is 7. The second kappa shape index (κ2) is 20.1. The van der Waals surface area contributed by atoms with E-state index in [0.717, 1.165) is 24.2 Å². The fourth-order valence-corrected chi connectivity index (χ4v) is 6.87. The maximum Gasteiger partial charge on any atom is 0.318 e. The minimum Gasteiger partial charge on any atom is -0.462 e. The van der Waals surface area contributed by atoms with Crippen molar-refractivity contribution >= 4 is 55.2 Å². The topological polar surface area (TPSA) is 115 Å². The molecule has 2 saturated heterocycles. The number of aromatic nitrogens is 2. The smallest absolute Gasteiger partial charge is 0.318 e. The molecule has 3 aliphatic heterocycles. The van der Waals surface area contributed by atoms with E-state index in [-0.39, 0.29) is 78.0 Å². The van der Waals surface area contributed by atoms with Crippen LogP contribution in [0.5, 0.6) is 6.01 Å². The highest BCUT2D eigenvalue weighted by Crippen LogP contribution is 2.34. The number of hydrogen-bond acceptors (Lipinski definition) is 9. The van der Waals surface area contributed by atoms with E-state index in [1.165, 1.54) is 28.1 Å². The van der Waals surface area contributed by atoms with E-state index < -0.39 is 12.1 Å². The molecule has 292 valence electrons. The molecule has 3 aliphatic rings. The van der Waals surface area contributed by atoms with Crippen LogP contribution in [-0.2, 0) is 17.8 Å². The van der Waals surface area contributed by atoms with Crippen molar-refractivity contribution in [1.82, 2.24) is 24.7 Å². The molecule has 0 aliphatic carbocycles. The Balaban J connectivity index is 0.000000401. The number of likely N-dealkylation sites (tertiary alicyclic amines) is 2. The molecular formula is C38H55F3N8O2S2. The molecule has 0 bridgehead atoms. The van der Waals surface area contributed by atoms with Crippen LogP contribution in [0.1, 0.15) is 50.9 Å². The number of anilines is 2. The van der Waals surface area contributed by atoms with Gasteiger partial charge in [0.15, 0.2) is 0 Å². The van der Waals surface area contributed by atoms with Crippen LogP contribution in [0, 0.1) is 18.3 Å². The van der Waals surface area contributed by atoms with Crippen molar-refractivity contribution in [2.75, 3.05) is 63.6 Å². The summed E-state index contributed by atoms with van der Waals surface area (Å²) in [4.78, 5) is 28.3. The van der Waals surface area contributed by atoms with Crippen LogP contribution in [-0.4, -0.2) is 108 Å². The minimum atomic E-state index is -2.68. The zero-order valence-electron chi connectivity index (χ0n) is 30.3. The number of benzene rings is 2. The summed E-state index contributed by atoms with van der Waals surface area (Å²) < 4.78 is 45.6. The molecule has 53 heavy (non-hydrogen) atoms. The molecule has 3 aromatic rings. The van der Waals surface area contributed by atoms with E-state index in [1.54, 1.807) is 22.9 Å². The van der Waals surface area contributed by atoms with Gasteiger partial charge in [-0.2, -0.15) is 42.2 Å². The summed E-state index contributed by atoms with van der Waals surface area (Å²) in [7, 11) is 1.68. The van der Waals surface area contributed by atoms with Crippen molar-refractivity contribution in [3.8, 4) is 12.1 Å². The number of ether oxygens (including phenoxy) is 1. The molecular weight excluding hydrogens is 722 g/mol. The van der Waals surface area contributed by atoms with E-state index in [4.69, 9.17) is 15.7 Å². The highest BCUT2D eigenvalue weighted by Gasteiger charge is 2.43. The van der Waals surface area contributed by atoms with Gasteiger partial charge in [0.05, 0.1) is 31.3 Å². The molecule has 1 amide bonds. The monoisotopic (exact) mass is 776 g/mol. The van der Waals surface area contributed by atoms with E-state index >= 15 is 0 Å². The number of rotatable bonds is 10. The van der Waals surface area contributed by atoms with Crippen molar-refractivity contribution in [2.45, 2.75) is 78.2 Å². The van der Waals surface area contributed by atoms with E-state index in [0.29, 0.717) is 45.0 Å². The first-order chi connectivity index (χ1) is 23.9.